The van der Waals surface area contributed by atoms with Gasteiger partial charge in [0.1, 0.15) is 5.92 Å². The summed E-state index contributed by atoms with van der Waals surface area (Å²) in [6.07, 6.45) is 1.09. The van der Waals surface area contributed by atoms with Crippen LogP contribution in [0.3, 0.4) is 0 Å². The summed E-state index contributed by atoms with van der Waals surface area (Å²) in [6.45, 7) is 7.59. The van der Waals surface area contributed by atoms with Crippen molar-refractivity contribution in [2.24, 2.45) is 11.3 Å². The molecule has 3 nitrogen and oxygen atoms in total. The lowest BCUT2D eigenvalue weighted by molar-refractivity contribution is -0.144. The second kappa shape index (κ2) is 3.37. The molecular weight excluding hydrogens is 164 g/mol. The van der Waals surface area contributed by atoms with Crippen molar-refractivity contribution in [3.63, 3.8) is 0 Å². The fourth-order valence-corrected chi connectivity index (χ4v) is 1.58. The number of carbonyl (C=O) groups is 1. The zero-order valence-corrected chi connectivity index (χ0v) is 8.50. The number of nitrogens with zero attached hydrogens (tertiary/aromatic N) is 2. The number of amides is 1. The van der Waals surface area contributed by atoms with E-state index in [9.17, 15) is 4.79 Å². The summed E-state index contributed by atoms with van der Waals surface area (Å²) in [4.78, 5) is 13.2. The van der Waals surface area contributed by atoms with E-state index in [2.05, 4.69) is 13.8 Å². The molecule has 1 aliphatic rings. The van der Waals surface area contributed by atoms with Gasteiger partial charge < -0.3 is 4.90 Å². The summed E-state index contributed by atoms with van der Waals surface area (Å²) in [7, 11) is 0. The standard InChI is InChI=1S/C10H16N2O/c1-4-10(3)6-12(7-10)9(13)8(2)5-11/h8H,4,6-7H2,1-3H3. The molecule has 1 heterocycles. The van der Waals surface area contributed by atoms with Gasteiger partial charge >= 0.3 is 0 Å². The van der Waals surface area contributed by atoms with Crippen molar-refractivity contribution >= 4 is 5.91 Å². The molecule has 0 spiro atoms. The predicted molar refractivity (Wildman–Crippen MR) is 49.8 cm³/mol. The van der Waals surface area contributed by atoms with Crippen LogP contribution in [0.15, 0.2) is 0 Å². The Morgan fingerprint density at radius 1 is 1.69 bits per heavy atom. The van der Waals surface area contributed by atoms with Gasteiger partial charge in [0.2, 0.25) is 5.91 Å². The quantitative estimate of drug-likeness (QED) is 0.644. The van der Waals surface area contributed by atoms with E-state index in [1.54, 1.807) is 11.8 Å². The van der Waals surface area contributed by atoms with E-state index in [0.717, 1.165) is 19.5 Å². The van der Waals surface area contributed by atoms with E-state index in [4.69, 9.17) is 5.26 Å². The van der Waals surface area contributed by atoms with Crippen molar-refractivity contribution in [2.45, 2.75) is 27.2 Å². The Bertz CT molecular complexity index is 248. The van der Waals surface area contributed by atoms with Gasteiger partial charge in [-0.1, -0.05) is 13.8 Å². The van der Waals surface area contributed by atoms with E-state index in [0.29, 0.717) is 5.41 Å². The molecule has 0 aromatic carbocycles. The van der Waals surface area contributed by atoms with Crippen molar-refractivity contribution in [1.29, 1.82) is 5.26 Å². The van der Waals surface area contributed by atoms with E-state index >= 15 is 0 Å². The van der Waals surface area contributed by atoms with Crippen molar-refractivity contribution in [3.05, 3.63) is 0 Å². The van der Waals surface area contributed by atoms with Gasteiger partial charge in [0.05, 0.1) is 6.07 Å². The molecule has 0 saturated carbocycles. The van der Waals surface area contributed by atoms with Crippen molar-refractivity contribution in [2.75, 3.05) is 13.1 Å². The molecule has 1 amide bonds. The average molecular weight is 180 g/mol. The van der Waals surface area contributed by atoms with Crippen molar-refractivity contribution in [1.82, 2.24) is 4.90 Å². The minimum atomic E-state index is -0.485. The lowest BCUT2D eigenvalue weighted by atomic mass is 9.79. The maximum absolute atomic E-state index is 11.5. The van der Waals surface area contributed by atoms with E-state index in [-0.39, 0.29) is 5.91 Å². The lowest BCUT2D eigenvalue weighted by Gasteiger charge is -2.48. The highest BCUT2D eigenvalue weighted by atomic mass is 16.2. The van der Waals surface area contributed by atoms with Crippen LogP contribution in [0.25, 0.3) is 0 Å². The normalized spacial score (nSPS) is 21.5. The summed E-state index contributed by atoms with van der Waals surface area (Å²) >= 11 is 0. The van der Waals surface area contributed by atoms with Gasteiger partial charge in [-0.2, -0.15) is 5.26 Å². The van der Waals surface area contributed by atoms with Crippen LogP contribution in [-0.2, 0) is 4.79 Å². The van der Waals surface area contributed by atoms with Gasteiger partial charge in [-0.3, -0.25) is 4.79 Å². The summed E-state index contributed by atoms with van der Waals surface area (Å²) < 4.78 is 0. The molecule has 13 heavy (non-hydrogen) atoms. The van der Waals surface area contributed by atoms with Crippen molar-refractivity contribution < 1.29 is 4.79 Å². The first kappa shape index (κ1) is 10.0. The predicted octanol–water partition coefficient (Wildman–Crippen LogP) is 1.40. The summed E-state index contributed by atoms with van der Waals surface area (Å²) in [5.41, 5.74) is 0.296. The van der Waals surface area contributed by atoms with E-state index in [1.807, 2.05) is 6.07 Å². The Labute approximate surface area is 79.3 Å². The minimum Gasteiger partial charge on any atom is -0.340 e. The molecule has 0 radical (unpaired) electrons. The third kappa shape index (κ3) is 1.82. The van der Waals surface area contributed by atoms with Gasteiger partial charge in [-0.25, -0.2) is 0 Å². The maximum Gasteiger partial charge on any atom is 0.239 e. The van der Waals surface area contributed by atoms with Gasteiger partial charge in [0.15, 0.2) is 0 Å². The minimum absolute atomic E-state index is 0.0200. The third-order valence-corrected chi connectivity index (χ3v) is 2.87. The number of likely N-dealkylation sites (tertiary alicyclic amines) is 1. The third-order valence-electron chi connectivity index (χ3n) is 2.87. The molecule has 0 aliphatic carbocycles. The fourth-order valence-electron chi connectivity index (χ4n) is 1.58. The number of rotatable bonds is 2. The Morgan fingerprint density at radius 3 is 2.62 bits per heavy atom. The Kier molecular flexibility index (Phi) is 2.60. The molecule has 1 unspecified atom stereocenters. The topological polar surface area (TPSA) is 44.1 Å². The summed E-state index contributed by atoms with van der Waals surface area (Å²) in [5, 5.41) is 8.56. The molecule has 0 aromatic heterocycles. The SMILES string of the molecule is CCC1(C)CN(C(=O)C(C)C#N)C1. The average Bonchev–Trinajstić information content (AvgIpc) is 2.10. The van der Waals surface area contributed by atoms with E-state index in [1.165, 1.54) is 0 Å². The first-order valence-electron chi connectivity index (χ1n) is 4.71. The molecule has 0 N–H and O–H groups in total. The Balaban J connectivity index is 2.45. The van der Waals surface area contributed by atoms with Crippen molar-refractivity contribution in [3.8, 4) is 6.07 Å². The number of hydrogen-bond acceptors (Lipinski definition) is 2. The lowest BCUT2D eigenvalue weighted by Crippen LogP contribution is -2.57. The molecule has 0 aromatic rings. The molecule has 0 bridgehead atoms. The highest BCUT2D eigenvalue weighted by Gasteiger charge is 2.40. The van der Waals surface area contributed by atoms with Gasteiger partial charge in [0.25, 0.3) is 0 Å². The molecule has 1 saturated heterocycles. The first-order valence-corrected chi connectivity index (χ1v) is 4.71. The van der Waals surface area contributed by atoms with Crippen LogP contribution < -0.4 is 0 Å². The second-order valence-electron chi connectivity index (χ2n) is 4.21. The van der Waals surface area contributed by atoms with Crippen LogP contribution in [0.5, 0.6) is 0 Å². The zero-order chi connectivity index (χ0) is 10.1. The molecular formula is C10H16N2O. The highest BCUT2D eigenvalue weighted by molar-refractivity contribution is 5.81. The maximum atomic E-state index is 11.5. The zero-order valence-electron chi connectivity index (χ0n) is 8.50. The van der Waals surface area contributed by atoms with Crippen LogP contribution in [-0.4, -0.2) is 23.9 Å². The largest absolute Gasteiger partial charge is 0.340 e. The van der Waals surface area contributed by atoms with Crippen LogP contribution in [0.4, 0.5) is 0 Å². The monoisotopic (exact) mass is 180 g/mol. The Hall–Kier alpha value is -1.04. The smallest absolute Gasteiger partial charge is 0.239 e. The molecule has 3 heteroatoms. The molecule has 1 rings (SSSR count). The van der Waals surface area contributed by atoms with Crippen LogP contribution in [0.1, 0.15) is 27.2 Å². The molecule has 1 fully saturated rings. The van der Waals surface area contributed by atoms with Crippen LogP contribution in [0.2, 0.25) is 0 Å². The summed E-state index contributed by atoms with van der Waals surface area (Å²) in [6, 6.07) is 1.97. The van der Waals surface area contributed by atoms with E-state index < -0.39 is 5.92 Å². The van der Waals surface area contributed by atoms with Gasteiger partial charge in [-0.05, 0) is 13.3 Å². The molecule has 1 aliphatic heterocycles. The fraction of sp³-hybridized carbons (Fsp3) is 0.800. The van der Waals surface area contributed by atoms with Gasteiger partial charge in [-0.15, -0.1) is 0 Å². The number of carbonyl (C=O) groups excluding carboxylic acids is 1. The van der Waals surface area contributed by atoms with Gasteiger partial charge in [0, 0.05) is 18.5 Å². The van der Waals surface area contributed by atoms with Crippen LogP contribution >= 0.6 is 0 Å². The molecule has 72 valence electrons. The number of hydrogen-bond donors (Lipinski definition) is 0. The highest BCUT2D eigenvalue weighted by Crippen LogP contribution is 2.33. The second-order valence-corrected chi connectivity index (χ2v) is 4.21. The number of nitriles is 1. The molecule has 1 atom stereocenters. The summed E-state index contributed by atoms with van der Waals surface area (Å²) in [5.74, 6) is -0.505. The van der Waals surface area contributed by atoms with Crippen LogP contribution in [0, 0.1) is 22.7 Å². The Morgan fingerprint density at radius 2 is 2.23 bits per heavy atom. The first-order chi connectivity index (χ1) is 6.02.